The summed E-state index contributed by atoms with van der Waals surface area (Å²) in [6.07, 6.45) is 5.32. The summed E-state index contributed by atoms with van der Waals surface area (Å²) in [4.78, 5) is 1.53. The van der Waals surface area contributed by atoms with Gasteiger partial charge in [0.2, 0.25) is 10.0 Å². The summed E-state index contributed by atoms with van der Waals surface area (Å²) in [5.41, 5.74) is 2.62. The number of ether oxygens (including phenoxy) is 2. The molecule has 33 heavy (non-hydrogen) atoms. The van der Waals surface area contributed by atoms with E-state index in [4.69, 9.17) is 9.47 Å². The first-order valence-electron chi connectivity index (χ1n) is 11.2. The first kappa shape index (κ1) is 22.5. The molecule has 1 aliphatic carbocycles. The molecule has 7 nitrogen and oxygen atoms in total. The van der Waals surface area contributed by atoms with Crippen molar-refractivity contribution in [2.75, 3.05) is 37.0 Å². The van der Waals surface area contributed by atoms with E-state index in [1.165, 1.54) is 50.5 Å². The molecule has 1 aromatic heterocycles. The van der Waals surface area contributed by atoms with Crippen molar-refractivity contribution in [1.29, 1.82) is 0 Å². The zero-order valence-corrected chi connectivity index (χ0v) is 20.2. The minimum absolute atomic E-state index is 0.0385. The van der Waals surface area contributed by atoms with Crippen LogP contribution in [-0.4, -0.2) is 46.2 Å². The van der Waals surface area contributed by atoms with Crippen LogP contribution in [0, 0.1) is 0 Å². The predicted molar refractivity (Wildman–Crippen MR) is 131 cm³/mol. The summed E-state index contributed by atoms with van der Waals surface area (Å²) >= 11 is 1.89. The number of nitrogens with one attached hydrogen (secondary N) is 1. The Morgan fingerprint density at radius 2 is 2.06 bits per heavy atom. The molecule has 1 atom stereocenters. The van der Waals surface area contributed by atoms with Crippen molar-refractivity contribution >= 4 is 37.1 Å². The lowest BCUT2D eigenvalue weighted by atomic mass is 9.96. The highest BCUT2D eigenvalue weighted by atomic mass is 32.2. The molecular weight excluding hydrogens is 460 g/mol. The molecule has 0 saturated carbocycles. The van der Waals surface area contributed by atoms with Gasteiger partial charge in [-0.25, -0.2) is 12.7 Å². The zero-order chi connectivity index (χ0) is 23.0. The molecule has 0 saturated heterocycles. The van der Waals surface area contributed by atoms with Gasteiger partial charge in [0.1, 0.15) is 18.1 Å². The average molecular weight is 489 g/mol. The second-order valence-electron chi connectivity index (χ2n) is 8.55. The molecule has 2 aromatic carbocycles. The summed E-state index contributed by atoms with van der Waals surface area (Å²) in [5.74, 6) is 1.37. The molecule has 9 heteroatoms. The van der Waals surface area contributed by atoms with Crippen LogP contribution in [0.1, 0.15) is 34.9 Å². The van der Waals surface area contributed by atoms with Crippen LogP contribution in [0.2, 0.25) is 0 Å². The highest BCUT2D eigenvalue weighted by Gasteiger charge is 2.28. The highest BCUT2D eigenvalue weighted by molar-refractivity contribution is 7.92. The van der Waals surface area contributed by atoms with E-state index < -0.39 is 16.1 Å². The molecular formula is C24H28N2O5S2. The van der Waals surface area contributed by atoms with E-state index in [0.717, 1.165) is 12.0 Å². The van der Waals surface area contributed by atoms with Crippen molar-refractivity contribution < 1.29 is 23.0 Å². The van der Waals surface area contributed by atoms with Crippen LogP contribution >= 0.6 is 11.3 Å². The first-order valence-corrected chi connectivity index (χ1v) is 13.9. The van der Waals surface area contributed by atoms with Crippen molar-refractivity contribution in [2.24, 2.45) is 0 Å². The lowest BCUT2D eigenvalue weighted by Gasteiger charge is -2.16. The fourth-order valence-corrected chi connectivity index (χ4v) is 6.53. The summed E-state index contributed by atoms with van der Waals surface area (Å²) < 4.78 is 37.7. The minimum atomic E-state index is -3.43. The van der Waals surface area contributed by atoms with Crippen molar-refractivity contribution in [3.63, 3.8) is 0 Å². The summed E-state index contributed by atoms with van der Waals surface area (Å²) in [6.45, 7) is 1.37. The van der Waals surface area contributed by atoms with Gasteiger partial charge in [-0.2, -0.15) is 0 Å². The number of anilines is 1. The second kappa shape index (κ2) is 9.13. The zero-order valence-electron chi connectivity index (χ0n) is 18.5. The lowest BCUT2D eigenvalue weighted by molar-refractivity contribution is 0.172. The maximum absolute atomic E-state index is 11.9. The van der Waals surface area contributed by atoms with Crippen LogP contribution in [0.15, 0.2) is 36.4 Å². The quantitative estimate of drug-likeness (QED) is 0.471. The van der Waals surface area contributed by atoms with E-state index in [-0.39, 0.29) is 6.73 Å². The maximum atomic E-state index is 11.9. The van der Waals surface area contributed by atoms with Crippen LogP contribution in [0.4, 0.5) is 5.69 Å². The lowest BCUT2D eigenvalue weighted by Crippen LogP contribution is -2.29. The molecule has 2 aliphatic rings. The van der Waals surface area contributed by atoms with Crippen molar-refractivity contribution in [3.8, 4) is 11.5 Å². The Labute approximate surface area is 198 Å². The number of fused-ring (bicyclic) bond motifs is 4. The number of hydrogen-bond acceptors (Lipinski definition) is 7. The summed E-state index contributed by atoms with van der Waals surface area (Å²) in [7, 11) is -3.43. The molecule has 176 valence electrons. The van der Waals surface area contributed by atoms with E-state index in [2.05, 4.69) is 17.4 Å². The van der Waals surface area contributed by atoms with Gasteiger partial charge in [0, 0.05) is 22.7 Å². The van der Waals surface area contributed by atoms with Crippen LogP contribution in [0.3, 0.4) is 0 Å². The van der Waals surface area contributed by atoms with E-state index >= 15 is 0 Å². The van der Waals surface area contributed by atoms with Crippen LogP contribution < -0.4 is 19.1 Å². The standard InChI is InChI=1S/C24H28N2O5S2/c1-33(28,29)26-15-31-22-9-6-16(12-20(22)26)21(27)14-25-10-11-30-17-7-8-19-18-4-2-3-5-23(18)32-24(19)13-17/h6-9,12-13,21,25,27H,2-5,10-11,14-15H2,1H3/t21-/m0/s1. The Morgan fingerprint density at radius 3 is 2.91 bits per heavy atom. The van der Waals surface area contributed by atoms with Gasteiger partial charge < -0.3 is 19.9 Å². The monoisotopic (exact) mass is 488 g/mol. The third kappa shape index (κ3) is 4.68. The van der Waals surface area contributed by atoms with Crippen LogP contribution in [0.5, 0.6) is 11.5 Å². The molecule has 1 aliphatic heterocycles. The third-order valence-electron chi connectivity index (χ3n) is 6.19. The Hall–Kier alpha value is -2.33. The fraction of sp³-hybridized carbons (Fsp3) is 0.417. The molecule has 3 aromatic rings. The minimum Gasteiger partial charge on any atom is -0.492 e. The number of thiophene rings is 1. The van der Waals surface area contributed by atoms with E-state index in [0.29, 0.717) is 36.7 Å². The van der Waals surface area contributed by atoms with Gasteiger partial charge in [-0.05, 0) is 72.5 Å². The number of sulfonamides is 1. The van der Waals surface area contributed by atoms with E-state index in [1.807, 2.05) is 17.4 Å². The van der Waals surface area contributed by atoms with Gasteiger partial charge in [0.25, 0.3) is 0 Å². The second-order valence-corrected chi connectivity index (χ2v) is 11.6. The molecule has 0 unspecified atom stereocenters. The van der Waals surface area contributed by atoms with E-state index in [9.17, 15) is 13.5 Å². The number of aryl methyl sites for hydroxylation is 2. The van der Waals surface area contributed by atoms with Crippen molar-refractivity contribution in [2.45, 2.75) is 31.8 Å². The van der Waals surface area contributed by atoms with Crippen LogP contribution in [0.25, 0.3) is 10.1 Å². The average Bonchev–Trinajstić information content (AvgIpc) is 3.39. The molecule has 0 radical (unpaired) electrons. The van der Waals surface area contributed by atoms with Crippen molar-refractivity contribution in [3.05, 3.63) is 52.4 Å². The molecule has 0 amide bonds. The van der Waals surface area contributed by atoms with Gasteiger partial charge in [-0.15, -0.1) is 11.3 Å². The largest absolute Gasteiger partial charge is 0.492 e. The third-order valence-corrected chi connectivity index (χ3v) is 8.55. The topological polar surface area (TPSA) is 88.1 Å². The van der Waals surface area contributed by atoms with Crippen molar-refractivity contribution in [1.82, 2.24) is 5.32 Å². The van der Waals surface area contributed by atoms with Gasteiger partial charge in [0.15, 0.2) is 6.73 Å². The predicted octanol–water partition coefficient (Wildman–Crippen LogP) is 3.60. The first-order chi connectivity index (χ1) is 15.9. The Kier molecular flexibility index (Phi) is 6.22. The number of hydrogen-bond donors (Lipinski definition) is 2. The van der Waals surface area contributed by atoms with E-state index in [1.54, 1.807) is 18.2 Å². The van der Waals surface area contributed by atoms with Crippen LogP contribution in [-0.2, 0) is 22.9 Å². The molecule has 0 bridgehead atoms. The number of nitrogens with zero attached hydrogens (tertiary/aromatic N) is 1. The van der Waals surface area contributed by atoms with Gasteiger partial charge in [-0.3, -0.25) is 0 Å². The number of benzene rings is 2. The number of aliphatic hydroxyl groups is 1. The highest BCUT2D eigenvalue weighted by Crippen LogP contribution is 2.38. The number of rotatable bonds is 8. The fourth-order valence-electron chi connectivity index (χ4n) is 4.46. The Morgan fingerprint density at radius 1 is 1.21 bits per heavy atom. The molecule has 2 heterocycles. The normalized spacial score (nSPS) is 16.4. The van der Waals surface area contributed by atoms with Gasteiger partial charge in [0.05, 0.1) is 18.0 Å². The van der Waals surface area contributed by atoms with Gasteiger partial charge >= 0.3 is 0 Å². The molecule has 2 N–H and O–H groups in total. The number of aliphatic hydroxyl groups excluding tert-OH is 1. The molecule has 0 fully saturated rings. The Bertz CT molecular complexity index is 1270. The van der Waals surface area contributed by atoms with Gasteiger partial charge in [-0.1, -0.05) is 6.07 Å². The smallest absolute Gasteiger partial charge is 0.235 e. The maximum Gasteiger partial charge on any atom is 0.235 e. The molecule has 5 rings (SSSR count). The summed E-state index contributed by atoms with van der Waals surface area (Å²) in [5, 5.41) is 15.1. The summed E-state index contributed by atoms with van der Waals surface area (Å²) in [6, 6.07) is 11.5. The molecule has 0 spiro atoms. The SMILES string of the molecule is CS(=O)(=O)N1COc2ccc([C@@H](O)CNCCOc3ccc4c5c(sc4c3)CCCC5)cc21. The Balaban J connectivity index is 1.13.